The second kappa shape index (κ2) is 6.48. The molecule has 22 heavy (non-hydrogen) atoms. The largest absolute Gasteiger partial charge is 0.497 e. The second-order valence-corrected chi connectivity index (χ2v) is 6.53. The van der Waals surface area contributed by atoms with E-state index in [0.29, 0.717) is 12.3 Å². The predicted octanol–water partition coefficient (Wildman–Crippen LogP) is 3.91. The molecular formula is C17H20N2O2S. The Kier molecular flexibility index (Phi) is 4.43. The molecule has 2 aromatic rings. The van der Waals surface area contributed by atoms with Crippen LogP contribution in [-0.4, -0.2) is 18.0 Å². The summed E-state index contributed by atoms with van der Waals surface area (Å²) < 4.78 is 5.30. The van der Waals surface area contributed by atoms with Crippen molar-refractivity contribution in [3.8, 4) is 5.75 Å². The molecule has 1 atom stereocenters. The number of nitrogens with zero attached hydrogens (tertiary/aromatic N) is 1. The van der Waals surface area contributed by atoms with Crippen molar-refractivity contribution in [2.45, 2.75) is 38.5 Å². The maximum Gasteiger partial charge on any atom is 0.225 e. The van der Waals surface area contributed by atoms with Crippen LogP contribution in [0.4, 0.5) is 5.00 Å². The van der Waals surface area contributed by atoms with Crippen LogP contribution >= 0.6 is 11.3 Å². The van der Waals surface area contributed by atoms with E-state index in [4.69, 9.17) is 4.74 Å². The van der Waals surface area contributed by atoms with Gasteiger partial charge in [0, 0.05) is 6.42 Å². The molecule has 0 aliphatic heterocycles. The average molecular weight is 316 g/mol. The number of carbonyl (C=O) groups is 1. The van der Waals surface area contributed by atoms with Crippen LogP contribution in [0.2, 0.25) is 0 Å². The van der Waals surface area contributed by atoms with Crippen molar-refractivity contribution in [2.75, 3.05) is 12.4 Å². The number of amides is 1. The monoisotopic (exact) mass is 316 g/mol. The van der Waals surface area contributed by atoms with Crippen LogP contribution in [0.5, 0.6) is 5.75 Å². The third-order valence-electron chi connectivity index (χ3n) is 4.22. The molecule has 4 nitrogen and oxygen atoms in total. The first-order chi connectivity index (χ1) is 10.7. The number of aromatic nitrogens is 1. The topological polar surface area (TPSA) is 51.2 Å². The summed E-state index contributed by atoms with van der Waals surface area (Å²) in [6.07, 6.45) is 3.78. The van der Waals surface area contributed by atoms with Crippen LogP contribution in [0.25, 0.3) is 0 Å². The summed E-state index contributed by atoms with van der Waals surface area (Å²) in [4.78, 5) is 16.5. The molecule has 0 spiro atoms. The lowest BCUT2D eigenvalue weighted by molar-refractivity contribution is -0.116. The minimum atomic E-state index is 0.0704. The van der Waals surface area contributed by atoms with Crippen LogP contribution in [0.1, 0.15) is 42.0 Å². The van der Waals surface area contributed by atoms with Gasteiger partial charge >= 0.3 is 0 Å². The highest BCUT2D eigenvalue weighted by atomic mass is 32.1. The highest BCUT2D eigenvalue weighted by Crippen LogP contribution is 2.36. The molecule has 0 saturated heterocycles. The van der Waals surface area contributed by atoms with Gasteiger partial charge in [-0.15, -0.1) is 11.3 Å². The molecule has 1 amide bonds. The first-order valence-corrected chi connectivity index (χ1v) is 8.42. The Morgan fingerprint density at radius 1 is 1.50 bits per heavy atom. The summed E-state index contributed by atoms with van der Waals surface area (Å²) in [6, 6.07) is 6.21. The van der Waals surface area contributed by atoms with Gasteiger partial charge in [0.25, 0.3) is 0 Å². The van der Waals surface area contributed by atoms with Crippen molar-refractivity contribution in [3.63, 3.8) is 0 Å². The molecular weight excluding hydrogens is 296 g/mol. The van der Waals surface area contributed by atoms with Gasteiger partial charge in [0.2, 0.25) is 5.91 Å². The van der Waals surface area contributed by atoms with Crippen molar-refractivity contribution < 1.29 is 9.53 Å². The van der Waals surface area contributed by atoms with Crippen LogP contribution in [0.3, 0.4) is 0 Å². The maximum absolute atomic E-state index is 12.3. The van der Waals surface area contributed by atoms with E-state index in [1.54, 1.807) is 12.6 Å². The minimum absolute atomic E-state index is 0.0704. The Bertz CT molecular complexity index is 681. The van der Waals surface area contributed by atoms with Crippen molar-refractivity contribution >= 4 is 22.2 Å². The number of aryl methyl sites for hydroxylation is 2. The van der Waals surface area contributed by atoms with Gasteiger partial charge in [-0.2, -0.15) is 0 Å². The van der Waals surface area contributed by atoms with Gasteiger partial charge in [0.05, 0.1) is 18.3 Å². The Balaban J connectivity index is 1.71. The van der Waals surface area contributed by atoms with E-state index in [1.807, 2.05) is 13.0 Å². The Morgan fingerprint density at radius 2 is 2.36 bits per heavy atom. The van der Waals surface area contributed by atoms with Gasteiger partial charge < -0.3 is 10.1 Å². The molecule has 1 unspecified atom stereocenters. The number of carbonyl (C=O) groups excluding carboxylic acids is 1. The molecule has 0 fully saturated rings. The van der Waals surface area contributed by atoms with E-state index < -0.39 is 0 Å². The zero-order chi connectivity index (χ0) is 15.5. The van der Waals surface area contributed by atoms with Crippen LogP contribution in [-0.2, 0) is 11.2 Å². The molecule has 0 saturated carbocycles. The quantitative estimate of drug-likeness (QED) is 0.930. The lowest BCUT2D eigenvalue weighted by Crippen LogP contribution is -2.18. The first kappa shape index (κ1) is 15.0. The first-order valence-electron chi connectivity index (χ1n) is 7.54. The molecule has 0 radical (unpaired) electrons. The molecule has 1 aliphatic carbocycles. The van der Waals surface area contributed by atoms with Gasteiger partial charge in [0.1, 0.15) is 10.8 Å². The van der Waals surface area contributed by atoms with E-state index in [1.165, 1.54) is 22.5 Å². The number of hydrogen-bond donors (Lipinski definition) is 1. The molecule has 1 N–H and O–H groups in total. The molecule has 0 bridgehead atoms. The molecule has 1 heterocycles. The number of hydrogen-bond acceptors (Lipinski definition) is 4. The smallest absolute Gasteiger partial charge is 0.225 e. The molecule has 5 heteroatoms. The lowest BCUT2D eigenvalue weighted by Gasteiger charge is -2.25. The van der Waals surface area contributed by atoms with Gasteiger partial charge in [0.15, 0.2) is 0 Å². The Hall–Kier alpha value is -1.88. The molecule has 1 aromatic heterocycles. The third-order valence-corrected chi connectivity index (χ3v) is 5.06. The fourth-order valence-electron chi connectivity index (χ4n) is 3.05. The third kappa shape index (κ3) is 3.14. The maximum atomic E-state index is 12.3. The highest BCUT2D eigenvalue weighted by molar-refractivity contribution is 7.14. The zero-order valence-electron chi connectivity index (χ0n) is 12.9. The minimum Gasteiger partial charge on any atom is -0.497 e. The standard InChI is InChI=1S/C17H20N2O2S/c1-11-17(22-10-18-11)19-16(20)9-13-5-3-4-12-8-14(21-2)6-7-15(12)13/h6-8,10,13H,3-5,9H2,1-2H3,(H,19,20). The summed E-state index contributed by atoms with van der Waals surface area (Å²) >= 11 is 1.47. The number of thiazole rings is 1. The molecule has 116 valence electrons. The average Bonchev–Trinajstić information content (AvgIpc) is 2.92. The second-order valence-electron chi connectivity index (χ2n) is 5.67. The van der Waals surface area contributed by atoms with Gasteiger partial charge in [-0.3, -0.25) is 4.79 Å². The molecule has 1 aliphatic rings. The van der Waals surface area contributed by atoms with Crippen molar-refractivity contribution in [3.05, 3.63) is 40.5 Å². The predicted molar refractivity (Wildman–Crippen MR) is 88.8 cm³/mol. The van der Waals surface area contributed by atoms with Crippen molar-refractivity contribution in [1.29, 1.82) is 0 Å². The lowest BCUT2D eigenvalue weighted by atomic mass is 9.81. The van der Waals surface area contributed by atoms with E-state index in [-0.39, 0.29) is 5.91 Å². The summed E-state index contributed by atoms with van der Waals surface area (Å²) in [5, 5.41) is 3.84. The van der Waals surface area contributed by atoms with E-state index in [2.05, 4.69) is 22.4 Å². The van der Waals surface area contributed by atoms with Crippen LogP contribution in [0, 0.1) is 6.92 Å². The van der Waals surface area contributed by atoms with Crippen molar-refractivity contribution in [2.24, 2.45) is 0 Å². The van der Waals surface area contributed by atoms with Gasteiger partial charge in [-0.1, -0.05) is 6.07 Å². The summed E-state index contributed by atoms with van der Waals surface area (Å²) in [5.41, 5.74) is 5.25. The highest BCUT2D eigenvalue weighted by Gasteiger charge is 2.23. The Labute approximate surface area is 134 Å². The fourth-order valence-corrected chi connectivity index (χ4v) is 3.77. The number of anilines is 1. The molecule has 1 aromatic carbocycles. The van der Waals surface area contributed by atoms with Gasteiger partial charge in [-0.05, 0) is 55.4 Å². The number of methoxy groups -OCH3 is 1. The Morgan fingerprint density at radius 3 is 3.09 bits per heavy atom. The zero-order valence-corrected chi connectivity index (χ0v) is 13.7. The number of ether oxygens (including phenoxy) is 1. The number of fused-ring (bicyclic) bond motifs is 1. The van der Waals surface area contributed by atoms with Crippen LogP contribution < -0.4 is 10.1 Å². The van der Waals surface area contributed by atoms with Crippen molar-refractivity contribution in [1.82, 2.24) is 4.98 Å². The van der Waals surface area contributed by atoms with Crippen LogP contribution in [0.15, 0.2) is 23.7 Å². The normalized spacial score (nSPS) is 16.9. The summed E-state index contributed by atoms with van der Waals surface area (Å²) in [6.45, 7) is 1.91. The van der Waals surface area contributed by atoms with E-state index in [9.17, 15) is 4.79 Å². The fraction of sp³-hybridized carbons (Fsp3) is 0.412. The summed E-state index contributed by atoms with van der Waals surface area (Å²) in [5.74, 6) is 1.26. The summed E-state index contributed by atoms with van der Waals surface area (Å²) in [7, 11) is 1.69. The number of benzene rings is 1. The number of rotatable bonds is 4. The SMILES string of the molecule is COc1ccc2c(c1)CCCC2CC(=O)Nc1scnc1C. The molecule has 3 rings (SSSR count). The van der Waals surface area contributed by atoms with E-state index >= 15 is 0 Å². The van der Waals surface area contributed by atoms with Gasteiger partial charge in [-0.25, -0.2) is 4.98 Å². The number of nitrogens with one attached hydrogen (secondary N) is 1. The van der Waals surface area contributed by atoms with E-state index in [0.717, 1.165) is 35.7 Å².